The number of fused-ring (bicyclic) bond motifs is 1. The van der Waals surface area contributed by atoms with Crippen LogP contribution in [0.3, 0.4) is 0 Å². The molecule has 0 spiro atoms. The molecule has 2 aliphatic heterocycles. The predicted octanol–water partition coefficient (Wildman–Crippen LogP) is 1.74. The van der Waals surface area contributed by atoms with E-state index in [4.69, 9.17) is 14.2 Å². The van der Waals surface area contributed by atoms with Crippen LogP contribution in [0, 0.1) is 5.92 Å². The number of hydrogen-bond donors (Lipinski definition) is 1. The lowest BCUT2D eigenvalue weighted by Crippen LogP contribution is -2.52. The summed E-state index contributed by atoms with van der Waals surface area (Å²) in [5, 5.41) is 2.94. The summed E-state index contributed by atoms with van der Waals surface area (Å²) in [5.74, 6) is 1.64. The first kappa shape index (κ1) is 19.5. The number of nitrogens with zero attached hydrogens (tertiary/aromatic N) is 1. The van der Waals surface area contributed by atoms with E-state index in [9.17, 15) is 9.59 Å². The van der Waals surface area contributed by atoms with Crippen LogP contribution in [0.1, 0.15) is 32.3 Å². The summed E-state index contributed by atoms with van der Waals surface area (Å²) >= 11 is 0. The summed E-state index contributed by atoms with van der Waals surface area (Å²) in [4.78, 5) is 27.0. The van der Waals surface area contributed by atoms with Gasteiger partial charge in [-0.3, -0.25) is 9.59 Å². The van der Waals surface area contributed by atoms with Crippen LogP contribution in [0.4, 0.5) is 0 Å². The van der Waals surface area contributed by atoms with Crippen molar-refractivity contribution in [1.29, 1.82) is 0 Å². The van der Waals surface area contributed by atoms with Gasteiger partial charge in [0.15, 0.2) is 11.5 Å². The molecule has 1 saturated heterocycles. The van der Waals surface area contributed by atoms with E-state index in [1.54, 1.807) is 4.90 Å². The van der Waals surface area contributed by atoms with Gasteiger partial charge in [-0.2, -0.15) is 0 Å². The fourth-order valence-corrected chi connectivity index (χ4v) is 3.32. The van der Waals surface area contributed by atoms with Crippen LogP contribution >= 0.6 is 0 Å². The van der Waals surface area contributed by atoms with Gasteiger partial charge in [-0.15, -0.1) is 0 Å². The molecule has 0 saturated carbocycles. The number of amides is 2. The molecule has 7 heteroatoms. The summed E-state index contributed by atoms with van der Waals surface area (Å²) in [6.07, 6.45) is 1.54. The number of aryl methyl sites for hydroxylation is 1. The van der Waals surface area contributed by atoms with Gasteiger partial charge in [-0.1, -0.05) is 19.9 Å². The van der Waals surface area contributed by atoms with Crippen LogP contribution in [0.25, 0.3) is 0 Å². The number of hydrogen-bond acceptors (Lipinski definition) is 5. The molecule has 1 fully saturated rings. The third-order valence-corrected chi connectivity index (χ3v) is 4.74. The highest BCUT2D eigenvalue weighted by Gasteiger charge is 2.27. The minimum absolute atomic E-state index is 0.0107. The number of morpholine rings is 1. The highest BCUT2D eigenvalue weighted by atomic mass is 16.7. The Kier molecular flexibility index (Phi) is 6.55. The molecule has 3 rings (SSSR count). The van der Waals surface area contributed by atoms with Crippen molar-refractivity contribution in [1.82, 2.24) is 10.2 Å². The zero-order valence-electron chi connectivity index (χ0n) is 16.0. The predicted molar refractivity (Wildman–Crippen MR) is 99.7 cm³/mol. The monoisotopic (exact) mass is 376 g/mol. The van der Waals surface area contributed by atoms with Crippen molar-refractivity contribution in [3.05, 3.63) is 23.8 Å². The van der Waals surface area contributed by atoms with Gasteiger partial charge in [0.1, 0.15) is 6.04 Å². The Morgan fingerprint density at radius 3 is 2.63 bits per heavy atom. The van der Waals surface area contributed by atoms with Crippen molar-refractivity contribution < 1.29 is 23.8 Å². The first-order valence-electron chi connectivity index (χ1n) is 9.57. The van der Waals surface area contributed by atoms with Gasteiger partial charge in [-0.25, -0.2) is 0 Å². The van der Waals surface area contributed by atoms with Crippen molar-refractivity contribution in [2.24, 2.45) is 5.92 Å². The lowest BCUT2D eigenvalue weighted by atomic mass is 10.0. The molecular formula is C20H28N2O5. The fraction of sp³-hybridized carbons (Fsp3) is 0.600. The second-order valence-electron chi connectivity index (χ2n) is 7.37. The second-order valence-corrected chi connectivity index (χ2v) is 7.37. The largest absolute Gasteiger partial charge is 0.454 e. The minimum Gasteiger partial charge on any atom is -0.454 e. The lowest BCUT2D eigenvalue weighted by Gasteiger charge is -2.31. The van der Waals surface area contributed by atoms with E-state index in [0.29, 0.717) is 57.2 Å². The number of carbonyl (C=O) groups excluding carboxylic acids is 2. The molecule has 1 aromatic rings. The highest BCUT2D eigenvalue weighted by molar-refractivity contribution is 5.87. The summed E-state index contributed by atoms with van der Waals surface area (Å²) < 4.78 is 16.0. The van der Waals surface area contributed by atoms with E-state index in [0.717, 1.165) is 11.3 Å². The van der Waals surface area contributed by atoms with Crippen LogP contribution < -0.4 is 14.8 Å². The molecule has 1 atom stereocenters. The third kappa shape index (κ3) is 5.35. The topological polar surface area (TPSA) is 77.1 Å². The Hall–Kier alpha value is -2.28. The van der Waals surface area contributed by atoms with Gasteiger partial charge in [0.05, 0.1) is 13.2 Å². The second kappa shape index (κ2) is 9.08. The van der Waals surface area contributed by atoms with Gasteiger partial charge in [0, 0.05) is 19.5 Å². The van der Waals surface area contributed by atoms with Gasteiger partial charge in [-0.05, 0) is 36.5 Å². The molecule has 0 bridgehead atoms. The Bertz CT molecular complexity index is 670. The fourth-order valence-electron chi connectivity index (χ4n) is 3.32. The van der Waals surface area contributed by atoms with E-state index >= 15 is 0 Å². The van der Waals surface area contributed by atoms with Crippen LogP contribution in [-0.2, 0) is 20.7 Å². The van der Waals surface area contributed by atoms with Crippen molar-refractivity contribution >= 4 is 11.8 Å². The molecule has 27 heavy (non-hydrogen) atoms. The molecule has 7 nitrogen and oxygen atoms in total. The molecular weight excluding hydrogens is 348 g/mol. The van der Waals surface area contributed by atoms with Gasteiger partial charge < -0.3 is 24.4 Å². The molecule has 1 aromatic carbocycles. The normalized spacial score (nSPS) is 17.1. The standard InChI is InChI=1S/C20H28N2O5/c1-14(2)11-16(20(24)22-7-9-25-10-8-22)21-19(23)6-4-15-3-5-17-18(12-15)27-13-26-17/h3,5,12,14,16H,4,6-11,13H2,1-2H3,(H,21,23). The zero-order valence-corrected chi connectivity index (χ0v) is 16.0. The number of benzene rings is 1. The minimum atomic E-state index is -0.479. The summed E-state index contributed by atoms with van der Waals surface area (Å²) in [6, 6.07) is 5.22. The number of ether oxygens (including phenoxy) is 3. The molecule has 0 aliphatic carbocycles. The molecule has 2 amide bonds. The van der Waals surface area contributed by atoms with Crippen molar-refractivity contribution in [3.63, 3.8) is 0 Å². The first-order chi connectivity index (χ1) is 13.0. The maximum Gasteiger partial charge on any atom is 0.245 e. The average Bonchev–Trinajstić information content (AvgIpc) is 3.13. The van der Waals surface area contributed by atoms with E-state index < -0.39 is 6.04 Å². The number of nitrogens with one attached hydrogen (secondary N) is 1. The van der Waals surface area contributed by atoms with E-state index in [2.05, 4.69) is 19.2 Å². The van der Waals surface area contributed by atoms with Gasteiger partial charge in [0.2, 0.25) is 18.6 Å². The Morgan fingerprint density at radius 1 is 1.15 bits per heavy atom. The molecule has 0 radical (unpaired) electrons. The Labute approximate surface area is 160 Å². The van der Waals surface area contributed by atoms with Crippen LogP contribution in [0.15, 0.2) is 18.2 Å². The highest BCUT2D eigenvalue weighted by Crippen LogP contribution is 2.32. The van der Waals surface area contributed by atoms with E-state index in [-0.39, 0.29) is 18.6 Å². The lowest BCUT2D eigenvalue weighted by molar-refractivity contribution is -0.140. The molecule has 1 N–H and O–H groups in total. The first-order valence-corrected chi connectivity index (χ1v) is 9.57. The van der Waals surface area contributed by atoms with Crippen LogP contribution in [0.2, 0.25) is 0 Å². The van der Waals surface area contributed by atoms with Crippen molar-refractivity contribution in [3.8, 4) is 11.5 Å². The molecule has 148 valence electrons. The maximum absolute atomic E-state index is 12.8. The molecule has 0 aromatic heterocycles. The van der Waals surface area contributed by atoms with Gasteiger partial charge in [0.25, 0.3) is 0 Å². The maximum atomic E-state index is 12.8. The van der Waals surface area contributed by atoms with E-state index in [1.807, 2.05) is 18.2 Å². The quantitative estimate of drug-likeness (QED) is 0.784. The van der Waals surface area contributed by atoms with Crippen molar-refractivity contribution in [2.45, 2.75) is 39.2 Å². The Morgan fingerprint density at radius 2 is 1.89 bits per heavy atom. The van der Waals surface area contributed by atoms with Crippen LogP contribution in [-0.4, -0.2) is 55.9 Å². The summed E-state index contributed by atoms with van der Waals surface area (Å²) in [7, 11) is 0. The SMILES string of the molecule is CC(C)CC(NC(=O)CCc1ccc2c(c1)OCO2)C(=O)N1CCOCC1. The smallest absolute Gasteiger partial charge is 0.245 e. The number of carbonyl (C=O) groups is 2. The summed E-state index contributed by atoms with van der Waals surface area (Å²) in [6.45, 7) is 6.62. The van der Waals surface area contributed by atoms with Crippen LogP contribution in [0.5, 0.6) is 11.5 Å². The number of rotatable bonds is 7. The zero-order chi connectivity index (χ0) is 19.2. The van der Waals surface area contributed by atoms with Gasteiger partial charge >= 0.3 is 0 Å². The summed E-state index contributed by atoms with van der Waals surface area (Å²) in [5.41, 5.74) is 1.01. The molecule has 2 aliphatic rings. The molecule has 1 unspecified atom stereocenters. The average molecular weight is 376 g/mol. The molecule has 2 heterocycles. The Balaban J connectivity index is 1.54. The van der Waals surface area contributed by atoms with Crippen molar-refractivity contribution in [2.75, 3.05) is 33.1 Å². The third-order valence-electron chi connectivity index (χ3n) is 4.74. The van der Waals surface area contributed by atoms with E-state index in [1.165, 1.54) is 0 Å².